The van der Waals surface area contributed by atoms with Gasteiger partial charge in [-0.15, -0.1) is 0 Å². The first-order valence-electron chi connectivity index (χ1n) is 11.4. The van der Waals surface area contributed by atoms with E-state index in [1.807, 2.05) is 69.3 Å². The van der Waals surface area contributed by atoms with E-state index in [2.05, 4.69) is 5.32 Å². The molecule has 184 valence electrons. The fraction of sp³-hybridized carbons (Fsp3) is 0.286. The highest BCUT2D eigenvalue weighted by atomic mass is 35.5. The Kier molecular flexibility index (Phi) is 9.19. The first-order valence-corrected chi connectivity index (χ1v) is 12.2. The van der Waals surface area contributed by atoms with Crippen molar-refractivity contribution in [2.75, 3.05) is 6.61 Å². The van der Waals surface area contributed by atoms with E-state index in [4.69, 9.17) is 27.9 Å². The van der Waals surface area contributed by atoms with Gasteiger partial charge in [-0.05, 0) is 50.6 Å². The van der Waals surface area contributed by atoms with Crippen LogP contribution in [0, 0.1) is 0 Å². The van der Waals surface area contributed by atoms with Crippen molar-refractivity contribution in [2.45, 2.75) is 45.3 Å². The summed E-state index contributed by atoms with van der Waals surface area (Å²) in [5, 5.41) is 3.87. The van der Waals surface area contributed by atoms with Crippen molar-refractivity contribution >= 4 is 35.0 Å². The molecule has 1 atom stereocenters. The van der Waals surface area contributed by atoms with Crippen molar-refractivity contribution in [1.82, 2.24) is 10.2 Å². The summed E-state index contributed by atoms with van der Waals surface area (Å²) >= 11 is 12.9. The number of halogens is 2. The van der Waals surface area contributed by atoms with Gasteiger partial charge in [-0.3, -0.25) is 9.59 Å². The van der Waals surface area contributed by atoms with E-state index in [1.165, 1.54) is 4.90 Å². The van der Waals surface area contributed by atoms with Crippen molar-refractivity contribution in [3.63, 3.8) is 0 Å². The Hall–Kier alpha value is -3.02. The van der Waals surface area contributed by atoms with Crippen LogP contribution in [0.3, 0.4) is 0 Å². The average molecular weight is 513 g/mol. The van der Waals surface area contributed by atoms with Crippen LogP contribution in [0.1, 0.15) is 31.9 Å². The molecule has 0 saturated heterocycles. The molecule has 3 aromatic carbocycles. The lowest BCUT2D eigenvalue weighted by Gasteiger charge is -2.34. The van der Waals surface area contributed by atoms with Crippen LogP contribution in [-0.2, 0) is 22.6 Å². The Morgan fingerprint density at radius 3 is 2.03 bits per heavy atom. The number of nitrogens with zero attached hydrogens (tertiary/aromatic N) is 1. The van der Waals surface area contributed by atoms with E-state index < -0.39 is 11.6 Å². The molecule has 0 aliphatic heterocycles. The number of benzene rings is 3. The third-order valence-electron chi connectivity index (χ3n) is 5.26. The summed E-state index contributed by atoms with van der Waals surface area (Å²) in [4.78, 5) is 28.6. The molecule has 3 rings (SSSR count). The number of para-hydroxylation sites is 1. The van der Waals surface area contributed by atoms with Gasteiger partial charge in [0, 0.05) is 34.1 Å². The van der Waals surface area contributed by atoms with Crippen molar-refractivity contribution in [1.29, 1.82) is 0 Å². The number of carbonyl (C=O) groups excluding carboxylic acids is 2. The van der Waals surface area contributed by atoms with Crippen LogP contribution in [0.2, 0.25) is 10.0 Å². The zero-order valence-electron chi connectivity index (χ0n) is 20.1. The summed E-state index contributed by atoms with van der Waals surface area (Å²) < 4.78 is 5.74. The third-order valence-corrected chi connectivity index (χ3v) is 5.97. The number of carbonyl (C=O) groups is 2. The molecule has 0 bridgehead atoms. The molecular weight excluding hydrogens is 483 g/mol. The largest absolute Gasteiger partial charge is 0.484 e. The second-order valence-corrected chi connectivity index (χ2v) is 10.1. The third kappa shape index (κ3) is 8.01. The maximum absolute atomic E-state index is 13.6. The van der Waals surface area contributed by atoms with Gasteiger partial charge in [0.05, 0.1) is 0 Å². The van der Waals surface area contributed by atoms with Crippen LogP contribution in [-0.4, -0.2) is 34.9 Å². The standard InChI is InChI=1S/C28H30Cl2N2O3/c1-28(2,3)31-27(34)25(17-20-11-6-4-7-12-20)32(18-22-23(29)15-10-16-24(22)30)26(33)19-35-21-13-8-5-9-14-21/h4-16,25H,17-19H2,1-3H3,(H,31,34)/t25-/m0/s1. The molecule has 0 fully saturated rings. The monoisotopic (exact) mass is 512 g/mol. The molecule has 0 unspecified atom stereocenters. The van der Waals surface area contributed by atoms with E-state index in [9.17, 15) is 9.59 Å². The molecule has 0 aliphatic carbocycles. The van der Waals surface area contributed by atoms with Gasteiger partial charge < -0.3 is 15.0 Å². The van der Waals surface area contributed by atoms with Crippen LogP contribution in [0.4, 0.5) is 0 Å². The number of ether oxygens (including phenoxy) is 1. The maximum atomic E-state index is 13.6. The smallest absolute Gasteiger partial charge is 0.261 e. The summed E-state index contributed by atoms with van der Waals surface area (Å²) in [5.41, 5.74) is 1.02. The van der Waals surface area contributed by atoms with Gasteiger partial charge in [-0.2, -0.15) is 0 Å². The summed E-state index contributed by atoms with van der Waals surface area (Å²) in [7, 11) is 0. The Balaban J connectivity index is 1.97. The van der Waals surface area contributed by atoms with Crippen molar-refractivity contribution < 1.29 is 14.3 Å². The number of hydrogen-bond donors (Lipinski definition) is 1. The zero-order chi connectivity index (χ0) is 25.4. The van der Waals surface area contributed by atoms with Crippen LogP contribution in [0.5, 0.6) is 5.75 Å². The fourth-order valence-corrected chi connectivity index (χ4v) is 4.12. The van der Waals surface area contributed by atoms with Crippen molar-refractivity contribution in [3.05, 3.63) is 100 Å². The Labute approximate surface area is 217 Å². The van der Waals surface area contributed by atoms with Gasteiger partial charge in [-0.1, -0.05) is 77.8 Å². The van der Waals surface area contributed by atoms with Gasteiger partial charge in [0.25, 0.3) is 5.91 Å². The second-order valence-electron chi connectivity index (χ2n) is 9.27. The second kappa shape index (κ2) is 12.1. The first-order chi connectivity index (χ1) is 16.6. The lowest BCUT2D eigenvalue weighted by Crippen LogP contribution is -2.55. The highest BCUT2D eigenvalue weighted by Gasteiger charge is 2.33. The van der Waals surface area contributed by atoms with Gasteiger partial charge in [0.15, 0.2) is 6.61 Å². The highest BCUT2D eigenvalue weighted by molar-refractivity contribution is 6.36. The molecule has 1 N–H and O–H groups in total. The minimum absolute atomic E-state index is 0.0601. The molecule has 0 spiro atoms. The number of nitrogens with one attached hydrogen (secondary N) is 1. The van der Waals surface area contributed by atoms with Crippen molar-refractivity contribution in [2.24, 2.45) is 0 Å². The number of hydrogen-bond acceptors (Lipinski definition) is 3. The maximum Gasteiger partial charge on any atom is 0.261 e. The van der Waals surface area contributed by atoms with Gasteiger partial charge in [0.2, 0.25) is 5.91 Å². The molecule has 3 aromatic rings. The fourth-order valence-electron chi connectivity index (χ4n) is 3.61. The Morgan fingerprint density at radius 2 is 1.46 bits per heavy atom. The molecule has 0 heterocycles. The van der Waals surface area contributed by atoms with Crippen LogP contribution < -0.4 is 10.1 Å². The summed E-state index contributed by atoms with van der Waals surface area (Å²) in [6.07, 6.45) is 0.321. The van der Waals surface area contributed by atoms with E-state index in [-0.39, 0.29) is 25.0 Å². The van der Waals surface area contributed by atoms with Crippen LogP contribution in [0.25, 0.3) is 0 Å². The molecular formula is C28H30Cl2N2O3. The van der Waals surface area contributed by atoms with Crippen molar-refractivity contribution in [3.8, 4) is 5.75 Å². The van der Waals surface area contributed by atoms with Crippen LogP contribution in [0.15, 0.2) is 78.9 Å². The predicted octanol–water partition coefficient (Wildman–Crippen LogP) is 5.93. The van der Waals surface area contributed by atoms with E-state index in [0.29, 0.717) is 27.8 Å². The highest BCUT2D eigenvalue weighted by Crippen LogP contribution is 2.27. The predicted molar refractivity (Wildman–Crippen MR) is 141 cm³/mol. The summed E-state index contributed by atoms with van der Waals surface area (Å²) in [6, 6.07) is 23.0. The molecule has 0 aliphatic rings. The minimum Gasteiger partial charge on any atom is -0.484 e. The topological polar surface area (TPSA) is 58.6 Å². The molecule has 7 heteroatoms. The first kappa shape index (κ1) is 26.6. The molecule has 2 amide bonds. The SMILES string of the molecule is CC(C)(C)NC(=O)[C@H](Cc1ccccc1)N(Cc1c(Cl)cccc1Cl)C(=O)COc1ccccc1. The normalized spacial score (nSPS) is 12.0. The Morgan fingerprint density at radius 1 is 0.886 bits per heavy atom. The van der Waals surface area contributed by atoms with Gasteiger partial charge >= 0.3 is 0 Å². The number of rotatable bonds is 9. The number of amides is 2. The molecule has 0 aromatic heterocycles. The zero-order valence-corrected chi connectivity index (χ0v) is 21.6. The van der Waals surface area contributed by atoms with Crippen LogP contribution >= 0.6 is 23.2 Å². The van der Waals surface area contributed by atoms with Gasteiger partial charge in [-0.25, -0.2) is 0 Å². The molecule has 35 heavy (non-hydrogen) atoms. The lowest BCUT2D eigenvalue weighted by molar-refractivity contribution is -0.143. The average Bonchev–Trinajstić information content (AvgIpc) is 2.81. The summed E-state index contributed by atoms with van der Waals surface area (Å²) in [6.45, 7) is 5.53. The summed E-state index contributed by atoms with van der Waals surface area (Å²) in [5.74, 6) is -0.0530. The van der Waals surface area contributed by atoms with E-state index in [0.717, 1.165) is 5.56 Å². The Bertz CT molecular complexity index is 1110. The quantitative estimate of drug-likeness (QED) is 0.386. The van der Waals surface area contributed by atoms with Gasteiger partial charge in [0.1, 0.15) is 11.8 Å². The molecule has 5 nitrogen and oxygen atoms in total. The van der Waals surface area contributed by atoms with E-state index in [1.54, 1.807) is 30.3 Å². The minimum atomic E-state index is -0.809. The lowest BCUT2D eigenvalue weighted by atomic mass is 10.0. The molecule has 0 saturated carbocycles. The molecule has 0 radical (unpaired) electrons. The van der Waals surface area contributed by atoms with E-state index >= 15 is 0 Å².